The molecule has 3 heterocycles. The maximum absolute atomic E-state index is 4.46. The summed E-state index contributed by atoms with van der Waals surface area (Å²) in [6.45, 7) is 8.19. The molecule has 4 heteroatoms. The number of piperidine rings is 1. The Bertz CT molecular complexity index is 414. The van der Waals surface area contributed by atoms with Crippen LogP contribution in [0.3, 0.4) is 0 Å². The molecule has 1 aromatic rings. The summed E-state index contributed by atoms with van der Waals surface area (Å²) in [6.07, 6.45) is 7.09. The molecule has 21 heavy (non-hydrogen) atoms. The van der Waals surface area contributed by atoms with Gasteiger partial charge in [0.05, 0.1) is 0 Å². The van der Waals surface area contributed by atoms with Crippen LogP contribution >= 0.6 is 0 Å². The highest BCUT2D eigenvalue weighted by Gasteiger charge is 2.25. The van der Waals surface area contributed by atoms with Crippen molar-refractivity contribution >= 4 is 5.82 Å². The molecule has 0 amide bonds. The van der Waals surface area contributed by atoms with Gasteiger partial charge >= 0.3 is 0 Å². The third kappa shape index (κ3) is 3.74. The van der Waals surface area contributed by atoms with E-state index < -0.39 is 0 Å². The number of hydrogen-bond donors (Lipinski definition) is 1. The van der Waals surface area contributed by atoms with Crippen LogP contribution in [0, 0.1) is 0 Å². The first-order chi connectivity index (χ1) is 10.4. The summed E-state index contributed by atoms with van der Waals surface area (Å²) >= 11 is 0. The van der Waals surface area contributed by atoms with Gasteiger partial charge in [-0.15, -0.1) is 0 Å². The molecular formula is C17H28N4. The van der Waals surface area contributed by atoms with Crippen LogP contribution in [0.2, 0.25) is 0 Å². The van der Waals surface area contributed by atoms with Gasteiger partial charge in [0, 0.05) is 37.9 Å². The average Bonchev–Trinajstić information content (AvgIpc) is 3.02. The first-order valence-electron chi connectivity index (χ1n) is 8.50. The maximum atomic E-state index is 4.46. The fourth-order valence-corrected chi connectivity index (χ4v) is 3.70. The predicted octanol–water partition coefficient (Wildman–Crippen LogP) is 2.12. The highest BCUT2D eigenvalue weighted by Crippen LogP contribution is 2.19. The number of nitrogens with one attached hydrogen (secondary N) is 1. The van der Waals surface area contributed by atoms with E-state index in [2.05, 4.69) is 39.2 Å². The Kier molecular flexibility index (Phi) is 5.09. The van der Waals surface area contributed by atoms with Crippen LogP contribution in [0.4, 0.5) is 5.82 Å². The molecule has 0 saturated carbocycles. The molecular weight excluding hydrogens is 260 g/mol. The lowest BCUT2D eigenvalue weighted by Gasteiger charge is -2.34. The van der Waals surface area contributed by atoms with Crippen molar-refractivity contribution in [2.24, 2.45) is 0 Å². The minimum absolute atomic E-state index is 0.685. The van der Waals surface area contributed by atoms with Gasteiger partial charge in [-0.3, -0.25) is 4.90 Å². The molecule has 2 aliphatic rings. The quantitative estimate of drug-likeness (QED) is 0.899. The Morgan fingerprint density at radius 2 is 2.05 bits per heavy atom. The van der Waals surface area contributed by atoms with E-state index in [0.29, 0.717) is 6.04 Å². The second-order valence-corrected chi connectivity index (χ2v) is 6.28. The van der Waals surface area contributed by atoms with Crippen molar-refractivity contribution in [3.05, 3.63) is 24.4 Å². The third-order valence-corrected chi connectivity index (χ3v) is 5.02. The van der Waals surface area contributed by atoms with Crippen molar-refractivity contribution in [2.45, 2.75) is 44.7 Å². The number of nitrogens with zero attached hydrogens (tertiary/aromatic N) is 3. The summed E-state index contributed by atoms with van der Waals surface area (Å²) in [5.74, 6) is 1.13. The fourth-order valence-electron chi connectivity index (χ4n) is 3.70. The molecule has 1 atom stereocenters. The van der Waals surface area contributed by atoms with E-state index in [-0.39, 0.29) is 0 Å². The molecule has 2 saturated heterocycles. The van der Waals surface area contributed by atoms with E-state index in [1.54, 1.807) is 0 Å². The molecule has 1 N–H and O–H groups in total. The first kappa shape index (κ1) is 14.8. The lowest BCUT2D eigenvalue weighted by Crippen LogP contribution is -2.47. The SMILES string of the molecule is CCN1CCC[C@H]1CNC1CCN(c2ccccn2)CC1. The van der Waals surface area contributed by atoms with Gasteiger partial charge in [-0.2, -0.15) is 0 Å². The summed E-state index contributed by atoms with van der Waals surface area (Å²) in [5.41, 5.74) is 0. The van der Waals surface area contributed by atoms with E-state index in [1.807, 2.05) is 12.3 Å². The van der Waals surface area contributed by atoms with Gasteiger partial charge in [0.1, 0.15) is 5.82 Å². The zero-order valence-electron chi connectivity index (χ0n) is 13.2. The number of pyridine rings is 1. The summed E-state index contributed by atoms with van der Waals surface area (Å²) in [6, 6.07) is 7.63. The van der Waals surface area contributed by atoms with Crippen molar-refractivity contribution in [1.29, 1.82) is 0 Å². The molecule has 4 nitrogen and oxygen atoms in total. The molecule has 0 spiro atoms. The summed E-state index contributed by atoms with van der Waals surface area (Å²) < 4.78 is 0. The van der Waals surface area contributed by atoms with Gasteiger partial charge in [-0.25, -0.2) is 4.98 Å². The highest BCUT2D eigenvalue weighted by atomic mass is 15.2. The van der Waals surface area contributed by atoms with Crippen LogP contribution in [-0.4, -0.2) is 54.7 Å². The monoisotopic (exact) mass is 288 g/mol. The number of likely N-dealkylation sites (N-methyl/N-ethyl adjacent to an activating group) is 1. The van der Waals surface area contributed by atoms with Gasteiger partial charge in [0.2, 0.25) is 0 Å². The first-order valence-corrected chi connectivity index (χ1v) is 8.50. The molecule has 0 radical (unpaired) electrons. The van der Waals surface area contributed by atoms with Gasteiger partial charge in [0.15, 0.2) is 0 Å². The van der Waals surface area contributed by atoms with E-state index >= 15 is 0 Å². The van der Waals surface area contributed by atoms with E-state index in [4.69, 9.17) is 0 Å². The minimum Gasteiger partial charge on any atom is -0.357 e. The molecule has 2 fully saturated rings. The molecule has 116 valence electrons. The van der Waals surface area contributed by atoms with E-state index in [9.17, 15) is 0 Å². The second-order valence-electron chi connectivity index (χ2n) is 6.28. The van der Waals surface area contributed by atoms with Crippen molar-refractivity contribution in [2.75, 3.05) is 37.6 Å². The molecule has 3 rings (SSSR count). The zero-order chi connectivity index (χ0) is 14.5. The smallest absolute Gasteiger partial charge is 0.128 e. The number of hydrogen-bond acceptors (Lipinski definition) is 4. The third-order valence-electron chi connectivity index (χ3n) is 5.02. The van der Waals surface area contributed by atoms with Gasteiger partial charge in [-0.05, 0) is 50.9 Å². The Morgan fingerprint density at radius 1 is 1.19 bits per heavy atom. The van der Waals surface area contributed by atoms with Crippen LogP contribution < -0.4 is 10.2 Å². The van der Waals surface area contributed by atoms with Crippen LogP contribution in [0.25, 0.3) is 0 Å². The Morgan fingerprint density at radius 3 is 2.76 bits per heavy atom. The summed E-state index contributed by atoms with van der Waals surface area (Å²) in [5, 5.41) is 3.81. The van der Waals surface area contributed by atoms with Gasteiger partial charge < -0.3 is 10.2 Å². The van der Waals surface area contributed by atoms with Crippen molar-refractivity contribution in [3.63, 3.8) is 0 Å². The Balaban J connectivity index is 1.42. The number of aromatic nitrogens is 1. The van der Waals surface area contributed by atoms with E-state index in [0.717, 1.165) is 24.9 Å². The van der Waals surface area contributed by atoms with Crippen LogP contribution in [0.5, 0.6) is 0 Å². The average molecular weight is 288 g/mol. The van der Waals surface area contributed by atoms with Crippen LogP contribution in [-0.2, 0) is 0 Å². The number of rotatable bonds is 5. The molecule has 0 bridgehead atoms. The molecule has 0 aromatic carbocycles. The second kappa shape index (κ2) is 7.23. The van der Waals surface area contributed by atoms with Crippen molar-refractivity contribution in [1.82, 2.24) is 15.2 Å². The minimum atomic E-state index is 0.685. The molecule has 0 unspecified atom stereocenters. The number of anilines is 1. The zero-order valence-corrected chi connectivity index (χ0v) is 13.2. The largest absolute Gasteiger partial charge is 0.357 e. The molecule has 1 aromatic heterocycles. The van der Waals surface area contributed by atoms with Gasteiger partial charge in [-0.1, -0.05) is 13.0 Å². The lowest BCUT2D eigenvalue weighted by molar-refractivity contribution is 0.248. The highest BCUT2D eigenvalue weighted by molar-refractivity contribution is 5.38. The standard InChI is InChI=1S/C17H28N4/c1-2-20-11-5-6-16(20)14-19-15-8-12-21(13-9-15)17-7-3-4-10-18-17/h3-4,7,10,15-16,19H,2,5-6,8-9,11-14H2,1H3/t16-/m0/s1. The lowest BCUT2D eigenvalue weighted by atomic mass is 10.0. The summed E-state index contributed by atoms with van der Waals surface area (Å²) in [7, 11) is 0. The molecule has 0 aliphatic carbocycles. The maximum Gasteiger partial charge on any atom is 0.128 e. The summed E-state index contributed by atoms with van der Waals surface area (Å²) in [4.78, 5) is 9.49. The Hall–Kier alpha value is -1.13. The predicted molar refractivity (Wildman–Crippen MR) is 87.7 cm³/mol. The van der Waals surface area contributed by atoms with Crippen LogP contribution in [0.15, 0.2) is 24.4 Å². The fraction of sp³-hybridized carbons (Fsp3) is 0.706. The number of likely N-dealkylation sites (tertiary alicyclic amines) is 1. The van der Waals surface area contributed by atoms with Crippen molar-refractivity contribution < 1.29 is 0 Å². The van der Waals surface area contributed by atoms with Gasteiger partial charge in [0.25, 0.3) is 0 Å². The van der Waals surface area contributed by atoms with E-state index in [1.165, 1.54) is 45.3 Å². The Labute approximate surface area is 128 Å². The topological polar surface area (TPSA) is 31.4 Å². The molecule has 2 aliphatic heterocycles. The normalized spacial score (nSPS) is 24.6. The van der Waals surface area contributed by atoms with Crippen molar-refractivity contribution in [3.8, 4) is 0 Å². The van der Waals surface area contributed by atoms with Crippen LogP contribution in [0.1, 0.15) is 32.6 Å².